The van der Waals surface area contributed by atoms with Crippen molar-refractivity contribution in [3.05, 3.63) is 29.6 Å². The number of carbonyl (C=O) groups is 3. The van der Waals surface area contributed by atoms with Crippen LogP contribution in [0.4, 0.5) is 14.9 Å². The number of benzene rings is 1. The summed E-state index contributed by atoms with van der Waals surface area (Å²) in [6, 6.07) is 3.48. The maximum atomic E-state index is 13.2. The van der Waals surface area contributed by atoms with Crippen LogP contribution in [0.25, 0.3) is 0 Å². The number of nitrogens with one attached hydrogen (secondary N) is 2. The third-order valence-electron chi connectivity index (χ3n) is 5.39. The van der Waals surface area contributed by atoms with Crippen molar-refractivity contribution in [3.63, 3.8) is 0 Å². The number of nitrogens with zero attached hydrogens (tertiary/aromatic N) is 1. The molecule has 4 amide bonds. The number of anilines is 1. The van der Waals surface area contributed by atoms with Crippen molar-refractivity contribution in [2.75, 3.05) is 11.9 Å². The number of urea groups is 1. The van der Waals surface area contributed by atoms with Crippen molar-refractivity contribution < 1.29 is 18.8 Å². The van der Waals surface area contributed by atoms with Crippen LogP contribution >= 0.6 is 0 Å². The number of carbonyl (C=O) groups excluding carboxylic acids is 3. The summed E-state index contributed by atoms with van der Waals surface area (Å²) in [7, 11) is 0. The van der Waals surface area contributed by atoms with Crippen LogP contribution in [0.5, 0.6) is 0 Å². The molecule has 1 saturated carbocycles. The Morgan fingerprint density at radius 3 is 2.67 bits per heavy atom. The van der Waals surface area contributed by atoms with E-state index in [0.29, 0.717) is 30.0 Å². The topological polar surface area (TPSA) is 78.5 Å². The second kappa shape index (κ2) is 6.62. The summed E-state index contributed by atoms with van der Waals surface area (Å²) in [5.74, 6) is -0.921. The van der Waals surface area contributed by atoms with Crippen LogP contribution in [0.15, 0.2) is 18.2 Å². The Morgan fingerprint density at radius 1 is 1.33 bits per heavy atom. The summed E-state index contributed by atoms with van der Waals surface area (Å²) in [6.07, 6.45) is 2.13. The molecule has 0 aromatic heterocycles. The highest BCUT2D eigenvalue weighted by Crippen LogP contribution is 2.46. The van der Waals surface area contributed by atoms with Gasteiger partial charge in [-0.2, -0.15) is 0 Å². The van der Waals surface area contributed by atoms with Crippen LogP contribution < -0.4 is 10.6 Å². The first kappa shape index (κ1) is 19.3. The molecule has 2 N–H and O–H groups in total. The minimum atomic E-state index is -0.926. The van der Waals surface area contributed by atoms with Crippen LogP contribution in [0.2, 0.25) is 0 Å². The lowest BCUT2D eigenvalue weighted by molar-refractivity contribution is -0.136. The molecule has 3 rings (SSSR count). The van der Waals surface area contributed by atoms with Gasteiger partial charge in [0.2, 0.25) is 5.91 Å². The third-order valence-corrected chi connectivity index (χ3v) is 5.39. The molecule has 1 aromatic carbocycles. The van der Waals surface area contributed by atoms with Gasteiger partial charge in [0.25, 0.3) is 5.91 Å². The fourth-order valence-corrected chi connectivity index (χ4v) is 4.75. The van der Waals surface area contributed by atoms with Gasteiger partial charge in [-0.05, 0) is 61.3 Å². The van der Waals surface area contributed by atoms with E-state index in [0.717, 1.165) is 11.3 Å². The highest BCUT2D eigenvalue weighted by atomic mass is 19.1. The Morgan fingerprint density at radius 2 is 2.04 bits per heavy atom. The smallest absolute Gasteiger partial charge is 0.324 e. The van der Waals surface area contributed by atoms with Crippen LogP contribution in [0.3, 0.4) is 0 Å². The molecule has 0 bridgehead atoms. The molecule has 1 saturated heterocycles. The molecule has 1 aliphatic carbocycles. The highest BCUT2D eigenvalue weighted by Gasteiger charge is 2.56. The minimum absolute atomic E-state index is 0.0654. The van der Waals surface area contributed by atoms with Gasteiger partial charge < -0.3 is 10.6 Å². The lowest BCUT2D eigenvalue weighted by atomic mass is 9.64. The summed E-state index contributed by atoms with van der Waals surface area (Å²) in [5.41, 5.74) is 0.0319. The van der Waals surface area contributed by atoms with Gasteiger partial charge in [0.1, 0.15) is 17.9 Å². The van der Waals surface area contributed by atoms with Crippen LogP contribution in [0.1, 0.15) is 45.6 Å². The molecule has 0 unspecified atom stereocenters. The number of amides is 4. The van der Waals surface area contributed by atoms with Gasteiger partial charge in [-0.1, -0.05) is 20.8 Å². The number of halogens is 1. The molecule has 2 aliphatic rings. The second-order valence-corrected chi connectivity index (χ2v) is 8.77. The van der Waals surface area contributed by atoms with E-state index in [-0.39, 0.29) is 17.9 Å². The quantitative estimate of drug-likeness (QED) is 0.797. The largest absolute Gasteiger partial charge is 0.325 e. The molecule has 146 valence electrons. The minimum Gasteiger partial charge on any atom is -0.324 e. The Kier molecular flexibility index (Phi) is 4.74. The van der Waals surface area contributed by atoms with E-state index in [1.807, 2.05) is 0 Å². The lowest BCUT2D eigenvalue weighted by Crippen LogP contribution is -2.54. The highest BCUT2D eigenvalue weighted by molar-refractivity contribution is 6.10. The van der Waals surface area contributed by atoms with Crippen molar-refractivity contribution in [2.45, 2.75) is 52.5 Å². The van der Waals surface area contributed by atoms with E-state index in [2.05, 4.69) is 31.4 Å². The van der Waals surface area contributed by atoms with Gasteiger partial charge >= 0.3 is 6.03 Å². The number of imide groups is 1. The maximum absolute atomic E-state index is 13.2. The molecule has 0 radical (unpaired) electrons. The first-order valence-electron chi connectivity index (χ1n) is 9.21. The van der Waals surface area contributed by atoms with Crippen molar-refractivity contribution in [1.29, 1.82) is 0 Å². The monoisotopic (exact) mass is 375 g/mol. The molecule has 1 spiro atoms. The summed E-state index contributed by atoms with van der Waals surface area (Å²) >= 11 is 0. The van der Waals surface area contributed by atoms with E-state index >= 15 is 0 Å². The third kappa shape index (κ3) is 3.82. The molecule has 1 aromatic rings. The number of hydrogen-bond acceptors (Lipinski definition) is 3. The summed E-state index contributed by atoms with van der Waals surface area (Å²) in [5, 5.41) is 5.49. The zero-order valence-electron chi connectivity index (χ0n) is 16.2. The first-order valence-corrected chi connectivity index (χ1v) is 9.21. The zero-order valence-corrected chi connectivity index (χ0v) is 16.2. The standard InChI is InChI=1S/C20H26FN3O3/c1-12-8-19(3,4)11-20(9-12)17(26)24(18(27)23-20)10-16(25)22-15-6-5-14(21)7-13(15)2/h5-7,12H,8-11H2,1-4H3,(H,22,25)(H,23,27)/t12-,20+/m1/s1. The normalized spacial score (nSPS) is 27.0. The molecule has 27 heavy (non-hydrogen) atoms. The van der Waals surface area contributed by atoms with Gasteiger partial charge in [0.05, 0.1) is 0 Å². The lowest BCUT2D eigenvalue weighted by Gasteiger charge is -2.43. The van der Waals surface area contributed by atoms with Crippen molar-refractivity contribution in [2.24, 2.45) is 11.3 Å². The second-order valence-electron chi connectivity index (χ2n) is 8.77. The fraction of sp³-hybridized carbons (Fsp3) is 0.550. The average Bonchev–Trinajstić information content (AvgIpc) is 2.72. The average molecular weight is 375 g/mol. The Balaban J connectivity index is 1.73. The van der Waals surface area contributed by atoms with E-state index in [9.17, 15) is 18.8 Å². The summed E-state index contributed by atoms with van der Waals surface area (Å²) in [6.45, 7) is 7.58. The van der Waals surface area contributed by atoms with Crippen LogP contribution in [-0.4, -0.2) is 34.8 Å². The van der Waals surface area contributed by atoms with Crippen LogP contribution in [0, 0.1) is 24.1 Å². The molecule has 1 heterocycles. The first-order chi connectivity index (χ1) is 12.5. The Hall–Kier alpha value is -2.44. The van der Waals surface area contributed by atoms with Crippen molar-refractivity contribution in [1.82, 2.24) is 10.2 Å². The molecule has 2 atom stereocenters. The predicted octanol–water partition coefficient (Wildman–Crippen LogP) is 3.21. The van der Waals surface area contributed by atoms with E-state index in [1.165, 1.54) is 18.2 Å². The van der Waals surface area contributed by atoms with Crippen molar-refractivity contribution >= 4 is 23.5 Å². The van der Waals surface area contributed by atoms with Gasteiger partial charge in [-0.25, -0.2) is 9.18 Å². The molecular formula is C20H26FN3O3. The van der Waals surface area contributed by atoms with Gasteiger partial charge in [0, 0.05) is 5.69 Å². The SMILES string of the molecule is Cc1cc(F)ccc1NC(=O)CN1C(=O)N[C@]2(C[C@H](C)CC(C)(C)C2)C1=O. The van der Waals surface area contributed by atoms with Crippen LogP contribution in [-0.2, 0) is 9.59 Å². The molecular weight excluding hydrogens is 349 g/mol. The van der Waals surface area contributed by atoms with Gasteiger partial charge in [0.15, 0.2) is 0 Å². The predicted molar refractivity (Wildman–Crippen MR) is 99.5 cm³/mol. The summed E-state index contributed by atoms with van der Waals surface area (Å²) < 4.78 is 13.2. The molecule has 7 heteroatoms. The summed E-state index contributed by atoms with van der Waals surface area (Å²) in [4.78, 5) is 38.8. The molecule has 1 aliphatic heterocycles. The number of hydrogen-bond donors (Lipinski definition) is 2. The number of aryl methyl sites for hydroxylation is 1. The van der Waals surface area contributed by atoms with Gasteiger partial charge in [-0.15, -0.1) is 0 Å². The van der Waals surface area contributed by atoms with E-state index < -0.39 is 23.3 Å². The van der Waals surface area contributed by atoms with Crippen molar-refractivity contribution in [3.8, 4) is 0 Å². The van der Waals surface area contributed by atoms with Gasteiger partial charge in [-0.3, -0.25) is 14.5 Å². The van der Waals surface area contributed by atoms with E-state index in [4.69, 9.17) is 0 Å². The Bertz CT molecular complexity index is 808. The fourth-order valence-electron chi connectivity index (χ4n) is 4.75. The molecule has 6 nitrogen and oxygen atoms in total. The van der Waals surface area contributed by atoms with E-state index in [1.54, 1.807) is 6.92 Å². The maximum Gasteiger partial charge on any atom is 0.325 e. The number of rotatable bonds is 3. The molecule has 2 fully saturated rings. The Labute approximate surface area is 158 Å². The zero-order chi connectivity index (χ0) is 20.0.